The molecule has 0 aliphatic heterocycles. The summed E-state index contributed by atoms with van der Waals surface area (Å²) in [5.41, 5.74) is 2.19. The first-order chi connectivity index (χ1) is 13.2. The van der Waals surface area contributed by atoms with Crippen LogP contribution in [0, 0.1) is 0 Å². The molecule has 1 aromatic heterocycles. The summed E-state index contributed by atoms with van der Waals surface area (Å²) < 4.78 is 10.6. The van der Waals surface area contributed by atoms with E-state index in [-0.39, 0.29) is 0 Å². The van der Waals surface area contributed by atoms with Crippen LogP contribution in [0.4, 0.5) is 17.5 Å². The van der Waals surface area contributed by atoms with E-state index >= 15 is 0 Å². The molecule has 2 N–H and O–H groups in total. The van der Waals surface area contributed by atoms with Crippen molar-refractivity contribution < 1.29 is 9.47 Å². The molecule has 144 valence electrons. The Bertz CT molecular complexity index is 813. The third kappa shape index (κ3) is 5.23. The molecule has 0 atom stereocenters. The number of benzene rings is 1. The molecule has 0 saturated heterocycles. The van der Waals surface area contributed by atoms with Gasteiger partial charge in [0, 0.05) is 18.7 Å². The van der Waals surface area contributed by atoms with E-state index in [0.29, 0.717) is 34.0 Å². The van der Waals surface area contributed by atoms with Crippen LogP contribution in [0.3, 0.4) is 0 Å². The van der Waals surface area contributed by atoms with Gasteiger partial charge >= 0.3 is 0 Å². The van der Waals surface area contributed by atoms with Gasteiger partial charge in [-0.1, -0.05) is 23.3 Å². The summed E-state index contributed by atoms with van der Waals surface area (Å²) in [5.74, 6) is 2.16. The lowest BCUT2D eigenvalue weighted by molar-refractivity contribution is 0.405. The zero-order valence-electron chi connectivity index (χ0n) is 15.6. The van der Waals surface area contributed by atoms with Gasteiger partial charge < -0.3 is 20.1 Å². The minimum absolute atomic E-state index is 0.472. The molecule has 7 nitrogen and oxygen atoms in total. The molecule has 1 aromatic carbocycles. The van der Waals surface area contributed by atoms with Gasteiger partial charge in [-0.25, -0.2) is 0 Å². The van der Waals surface area contributed by atoms with Crippen molar-refractivity contribution in [3.63, 3.8) is 0 Å². The number of aromatic nitrogens is 3. The fourth-order valence-electron chi connectivity index (χ4n) is 3.00. The first-order valence-electron chi connectivity index (χ1n) is 8.99. The molecule has 1 aliphatic carbocycles. The fraction of sp³-hybridized carbons (Fsp3) is 0.421. The monoisotopic (exact) mass is 389 g/mol. The molecule has 3 rings (SSSR count). The number of rotatable bonds is 8. The van der Waals surface area contributed by atoms with E-state index in [1.165, 1.54) is 31.3 Å². The summed E-state index contributed by atoms with van der Waals surface area (Å²) in [6, 6.07) is 3.44. The second-order valence-corrected chi connectivity index (χ2v) is 6.67. The Morgan fingerprint density at radius 2 is 2.00 bits per heavy atom. The van der Waals surface area contributed by atoms with Gasteiger partial charge in [-0.3, -0.25) is 0 Å². The summed E-state index contributed by atoms with van der Waals surface area (Å²) in [6.07, 6.45) is 9.88. The summed E-state index contributed by atoms with van der Waals surface area (Å²) in [4.78, 5) is 4.46. The van der Waals surface area contributed by atoms with E-state index in [2.05, 4.69) is 31.9 Å². The van der Waals surface area contributed by atoms with E-state index in [0.717, 1.165) is 13.0 Å². The SMILES string of the molecule is COc1cc(Nc2cnnc(NCCC3=CCCCC3)n2)c(OC)cc1Cl. The molecular formula is C19H24ClN5O2. The van der Waals surface area contributed by atoms with Crippen LogP contribution < -0.4 is 20.1 Å². The molecule has 2 aromatic rings. The fourth-order valence-corrected chi connectivity index (χ4v) is 3.23. The van der Waals surface area contributed by atoms with Gasteiger partial charge in [-0.2, -0.15) is 10.1 Å². The Kier molecular flexibility index (Phi) is 6.70. The lowest BCUT2D eigenvalue weighted by Gasteiger charge is -2.14. The smallest absolute Gasteiger partial charge is 0.244 e. The van der Waals surface area contributed by atoms with E-state index in [9.17, 15) is 0 Å². The number of ether oxygens (including phenoxy) is 2. The van der Waals surface area contributed by atoms with Gasteiger partial charge in [0.05, 0.1) is 31.1 Å². The quantitative estimate of drug-likeness (QED) is 0.639. The highest BCUT2D eigenvalue weighted by Crippen LogP contribution is 2.37. The van der Waals surface area contributed by atoms with E-state index < -0.39 is 0 Å². The minimum atomic E-state index is 0.472. The van der Waals surface area contributed by atoms with Crippen LogP contribution in [0.5, 0.6) is 11.5 Å². The number of nitrogens with zero attached hydrogens (tertiary/aromatic N) is 3. The van der Waals surface area contributed by atoms with Crippen LogP contribution in [-0.4, -0.2) is 35.9 Å². The Morgan fingerprint density at radius 3 is 2.74 bits per heavy atom. The lowest BCUT2D eigenvalue weighted by atomic mass is 9.97. The summed E-state index contributed by atoms with van der Waals surface area (Å²) in [6.45, 7) is 0.787. The maximum atomic E-state index is 6.14. The van der Waals surface area contributed by atoms with Gasteiger partial charge in [0.25, 0.3) is 0 Å². The molecule has 0 saturated carbocycles. The Morgan fingerprint density at radius 1 is 1.15 bits per heavy atom. The molecule has 0 unspecified atom stereocenters. The molecule has 0 fully saturated rings. The second-order valence-electron chi connectivity index (χ2n) is 6.26. The minimum Gasteiger partial charge on any atom is -0.495 e. The van der Waals surface area contributed by atoms with Crippen LogP contribution >= 0.6 is 11.6 Å². The zero-order chi connectivity index (χ0) is 19.1. The molecule has 0 spiro atoms. The van der Waals surface area contributed by atoms with Crippen molar-refractivity contribution >= 4 is 29.1 Å². The molecule has 27 heavy (non-hydrogen) atoms. The van der Waals surface area contributed by atoms with Crippen LogP contribution in [0.25, 0.3) is 0 Å². The maximum absolute atomic E-state index is 6.14. The number of anilines is 3. The number of hydrogen-bond donors (Lipinski definition) is 2. The van der Waals surface area contributed by atoms with E-state index in [1.807, 2.05) is 0 Å². The largest absolute Gasteiger partial charge is 0.495 e. The lowest BCUT2D eigenvalue weighted by Crippen LogP contribution is -2.09. The van der Waals surface area contributed by atoms with Crippen molar-refractivity contribution in [3.05, 3.63) is 35.0 Å². The third-order valence-corrected chi connectivity index (χ3v) is 4.71. The van der Waals surface area contributed by atoms with Crippen LogP contribution in [0.1, 0.15) is 32.1 Å². The van der Waals surface area contributed by atoms with E-state index in [4.69, 9.17) is 21.1 Å². The van der Waals surface area contributed by atoms with Crippen molar-refractivity contribution in [2.45, 2.75) is 32.1 Å². The summed E-state index contributed by atoms with van der Waals surface area (Å²) in [5, 5.41) is 14.9. The van der Waals surface area contributed by atoms with Crippen molar-refractivity contribution in [2.75, 3.05) is 31.4 Å². The number of halogens is 1. The number of nitrogens with one attached hydrogen (secondary N) is 2. The average Bonchev–Trinajstić information content (AvgIpc) is 2.70. The van der Waals surface area contributed by atoms with Gasteiger partial charge in [0.2, 0.25) is 5.95 Å². The molecule has 1 aliphatic rings. The first kappa shape index (κ1) is 19.2. The Labute approximate surface area is 164 Å². The molecule has 0 radical (unpaired) electrons. The molecule has 0 amide bonds. The number of hydrogen-bond acceptors (Lipinski definition) is 7. The standard InChI is InChI=1S/C19H24ClN5O2/c1-26-16-11-15(17(27-2)10-14(16)20)23-18-12-22-25-19(24-18)21-9-8-13-6-4-3-5-7-13/h6,10-12H,3-5,7-9H2,1-2H3,(H2,21,23,24,25). The van der Waals surface area contributed by atoms with E-state index in [1.54, 1.807) is 32.5 Å². The van der Waals surface area contributed by atoms with Gasteiger partial charge in [-0.05, 0) is 32.1 Å². The van der Waals surface area contributed by atoms with Crippen molar-refractivity contribution in [3.8, 4) is 11.5 Å². The summed E-state index contributed by atoms with van der Waals surface area (Å²) >= 11 is 6.14. The average molecular weight is 390 g/mol. The summed E-state index contributed by atoms with van der Waals surface area (Å²) in [7, 11) is 3.14. The number of methoxy groups -OCH3 is 2. The second kappa shape index (κ2) is 9.41. The maximum Gasteiger partial charge on any atom is 0.244 e. The molecule has 8 heteroatoms. The molecular weight excluding hydrogens is 366 g/mol. The zero-order valence-corrected chi connectivity index (χ0v) is 16.3. The molecule has 0 bridgehead atoms. The van der Waals surface area contributed by atoms with Crippen molar-refractivity contribution in [2.24, 2.45) is 0 Å². The normalized spacial score (nSPS) is 13.7. The third-order valence-electron chi connectivity index (χ3n) is 4.41. The number of allylic oxidation sites excluding steroid dienone is 1. The predicted octanol–water partition coefficient (Wildman–Crippen LogP) is 4.59. The van der Waals surface area contributed by atoms with Gasteiger partial charge in [0.15, 0.2) is 5.82 Å². The van der Waals surface area contributed by atoms with Gasteiger partial charge in [-0.15, -0.1) is 5.10 Å². The van der Waals surface area contributed by atoms with Crippen LogP contribution in [0.15, 0.2) is 30.0 Å². The topological polar surface area (TPSA) is 81.2 Å². The van der Waals surface area contributed by atoms with Gasteiger partial charge in [0.1, 0.15) is 11.5 Å². The Balaban J connectivity index is 1.66. The van der Waals surface area contributed by atoms with Crippen LogP contribution in [-0.2, 0) is 0 Å². The van der Waals surface area contributed by atoms with Crippen molar-refractivity contribution in [1.29, 1.82) is 0 Å². The molecule has 1 heterocycles. The highest BCUT2D eigenvalue weighted by atomic mass is 35.5. The Hall–Kier alpha value is -2.54. The highest BCUT2D eigenvalue weighted by Gasteiger charge is 2.11. The predicted molar refractivity (Wildman–Crippen MR) is 107 cm³/mol. The van der Waals surface area contributed by atoms with Crippen LogP contribution in [0.2, 0.25) is 5.02 Å². The first-order valence-corrected chi connectivity index (χ1v) is 9.37. The van der Waals surface area contributed by atoms with Crippen molar-refractivity contribution in [1.82, 2.24) is 15.2 Å². The highest BCUT2D eigenvalue weighted by molar-refractivity contribution is 6.32.